The van der Waals surface area contributed by atoms with E-state index >= 15 is 0 Å². The molecule has 2 aliphatic rings. The molecule has 0 radical (unpaired) electrons. The van der Waals surface area contributed by atoms with Crippen molar-refractivity contribution < 1.29 is 13.9 Å². The van der Waals surface area contributed by atoms with Gasteiger partial charge in [0, 0.05) is 19.0 Å². The fourth-order valence-corrected chi connectivity index (χ4v) is 4.93. The summed E-state index contributed by atoms with van der Waals surface area (Å²) >= 11 is 0. The van der Waals surface area contributed by atoms with Crippen molar-refractivity contribution >= 4 is 33.8 Å². The summed E-state index contributed by atoms with van der Waals surface area (Å²) in [5, 5.41) is 3.21. The average Bonchev–Trinajstić information content (AvgIpc) is 3.43. The Labute approximate surface area is 155 Å². The summed E-state index contributed by atoms with van der Waals surface area (Å²) in [4.78, 5) is 12.1. The summed E-state index contributed by atoms with van der Waals surface area (Å²) < 4.78 is 25.1. The standard InChI is InChI=1S/C19H23N3O3S/c23-17(14-20-15-10-11-15)12-13-21-18-8-4-5-9-19(18)22(26(21,24)25)16-6-2-1-3-7-16/h1-9,15,20,24-25H,10-14H2. The molecule has 0 aromatic heterocycles. The van der Waals surface area contributed by atoms with Crippen LogP contribution in [-0.4, -0.2) is 34.0 Å². The Kier molecular flexibility index (Phi) is 4.62. The molecule has 26 heavy (non-hydrogen) atoms. The van der Waals surface area contributed by atoms with E-state index in [1.165, 1.54) is 0 Å². The van der Waals surface area contributed by atoms with Gasteiger partial charge in [-0.2, -0.15) is 0 Å². The quantitative estimate of drug-likeness (QED) is 0.683. The SMILES string of the molecule is O=C(CCN1c2ccccc2N(c2ccccc2)S1(O)O)CNC1CC1. The molecule has 3 N–H and O–H groups in total. The Balaban J connectivity index is 1.55. The maximum Gasteiger partial charge on any atom is 0.148 e. The molecule has 0 atom stereocenters. The first-order valence-corrected chi connectivity index (χ1v) is 10.3. The van der Waals surface area contributed by atoms with Crippen LogP contribution in [0, 0.1) is 0 Å². The van der Waals surface area contributed by atoms with Crippen LogP contribution < -0.4 is 13.9 Å². The normalized spacial score (nSPS) is 19.3. The highest BCUT2D eigenvalue weighted by Crippen LogP contribution is 2.63. The van der Waals surface area contributed by atoms with Crippen molar-refractivity contribution in [3.63, 3.8) is 0 Å². The van der Waals surface area contributed by atoms with Crippen molar-refractivity contribution in [3.8, 4) is 0 Å². The van der Waals surface area contributed by atoms with E-state index < -0.39 is 11.0 Å². The van der Waals surface area contributed by atoms with E-state index in [1.807, 2.05) is 54.6 Å². The molecule has 1 aliphatic carbocycles. The number of hydrogen-bond donors (Lipinski definition) is 3. The number of hydrogen-bond acceptors (Lipinski definition) is 6. The van der Waals surface area contributed by atoms with Gasteiger partial charge in [0.2, 0.25) is 0 Å². The molecule has 0 unspecified atom stereocenters. The summed E-state index contributed by atoms with van der Waals surface area (Å²) in [7, 11) is -3.26. The minimum absolute atomic E-state index is 0.0859. The molecule has 0 spiro atoms. The van der Waals surface area contributed by atoms with Gasteiger partial charge in [0.15, 0.2) is 0 Å². The van der Waals surface area contributed by atoms with Gasteiger partial charge in [0.05, 0.1) is 23.6 Å². The van der Waals surface area contributed by atoms with E-state index in [1.54, 1.807) is 8.61 Å². The van der Waals surface area contributed by atoms with E-state index in [-0.39, 0.29) is 18.7 Å². The third-order valence-electron chi connectivity index (χ3n) is 4.66. The Hall–Kier alpha value is -2.06. The first-order valence-electron chi connectivity index (χ1n) is 8.83. The maximum absolute atomic E-state index is 12.1. The molecular formula is C19H23N3O3S. The van der Waals surface area contributed by atoms with Gasteiger partial charge in [-0.15, -0.1) is 0 Å². The lowest BCUT2D eigenvalue weighted by Gasteiger charge is -2.43. The van der Waals surface area contributed by atoms with Crippen LogP contribution in [0.2, 0.25) is 0 Å². The third-order valence-corrected chi connectivity index (χ3v) is 6.53. The predicted octanol–water partition coefficient (Wildman–Crippen LogP) is 3.94. The second-order valence-electron chi connectivity index (χ2n) is 6.65. The van der Waals surface area contributed by atoms with E-state index in [9.17, 15) is 13.9 Å². The summed E-state index contributed by atoms with van der Waals surface area (Å²) in [5.74, 6) is 0.0859. The van der Waals surface area contributed by atoms with Crippen molar-refractivity contribution in [1.29, 1.82) is 0 Å². The Morgan fingerprint density at radius 3 is 2.38 bits per heavy atom. The summed E-state index contributed by atoms with van der Waals surface area (Å²) in [6.07, 6.45) is 2.55. The number of nitrogens with zero attached hydrogens (tertiary/aromatic N) is 2. The van der Waals surface area contributed by atoms with Crippen LogP contribution in [-0.2, 0) is 4.79 Å². The lowest BCUT2D eigenvalue weighted by atomic mass is 10.2. The molecule has 6 nitrogen and oxygen atoms in total. The smallest absolute Gasteiger partial charge is 0.148 e. The van der Waals surface area contributed by atoms with Crippen molar-refractivity contribution in [2.75, 3.05) is 21.7 Å². The molecule has 2 aromatic rings. The fraction of sp³-hybridized carbons (Fsp3) is 0.316. The second kappa shape index (κ2) is 6.92. The lowest BCUT2D eigenvalue weighted by molar-refractivity contribution is -0.118. The number of benzene rings is 2. The van der Waals surface area contributed by atoms with Crippen LogP contribution in [0.1, 0.15) is 19.3 Å². The zero-order valence-corrected chi connectivity index (χ0v) is 15.2. The number of nitrogens with one attached hydrogen (secondary N) is 1. The zero-order valence-electron chi connectivity index (χ0n) is 14.4. The zero-order chi connectivity index (χ0) is 18.1. The van der Waals surface area contributed by atoms with Crippen molar-refractivity contribution in [2.45, 2.75) is 25.3 Å². The van der Waals surface area contributed by atoms with E-state index in [4.69, 9.17) is 0 Å². The summed E-state index contributed by atoms with van der Waals surface area (Å²) in [6.45, 7) is 0.621. The topological polar surface area (TPSA) is 76.0 Å². The molecular weight excluding hydrogens is 350 g/mol. The average molecular weight is 373 g/mol. The molecule has 1 fully saturated rings. The number of fused-ring (bicyclic) bond motifs is 1. The number of carbonyl (C=O) groups excluding carboxylic acids is 1. The minimum Gasteiger partial charge on any atom is -0.307 e. The third kappa shape index (κ3) is 3.31. The van der Waals surface area contributed by atoms with Crippen LogP contribution in [0.3, 0.4) is 0 Å². The van der Waals surface area contributed by atoms with Gasteiger partial charge >= 0.3 is 0 Å². The molecule has 1 heterocycles. The Morgan fingerprint density at radius 2 is 1.69 bits per heavy atom. The number of ketones is 1. The predicted molar refractivity (Wildman–Crippen MR) is 106 cm³/mol. The highest BCUT2D eigenvalue weighted by molar-refractivity contribution is 8.27. The molecule has 7 heteroatoms. The number of anilines is 3. The largest absolute Gasteiger partial charge is 0.307 e. The van der Waals surface area contributed by atoms with E-state index in [0.717, 1.165) is 24.2 Å². The van der Waals surface area contributed by atoms with Gasteiger partial charge in [-0.05, 0) is 48.1 Å². The van der Waals surface area contributed by atoms with Crippen molar-refractivity contribution in [2.24, 2.45) is 0 Å². The van der Waals surface area contributed by atoms with Gasteiger partial charge in [-0.25, -0.2) is 4.31 Å². The maximum atomic E-state index is 12.1. The molecule has 4 rings (SSSR count). The number of Topliss-reactive ketones (excluding diaryl/α,β-unsaturated/α-hetero) is 1. The molecule has 0 saturated heterocycles. The number of rotatable bonds is 7. The van der Waals surface area contributed by atoms with E-state index in [2.05, 4.69) is 5.32 Å². The fourth-order valence-electron chi connectivity index (χ4n) is 3.16. The van der Waals surface area contributed by atoms with Crippen molar-refractivity contribution in [1.82, 2.24) is 5.32 Å². The molecule has 0 amide bonds. The molecule has 1 saturated carbocycles. The first kappa shape index (κ1) is 17.4. The summed E-state index contributed by atoms with van der Waals surface area (Å²) in [5.41, 5.74) is 2.19. The monoisotopic (exact) mass is 373 g/mol. The lowest BCUT2D eigenvalue weighted by Crippen LogP contribution is -2.34. The van der Waals surface area contributed by atoms with Gasteiger partial charge in [-0.1, -0.05) is 30.3 Å². The van der Waals surface area contributed by atoms with Gasteiger partial charge in [0.1, 0.15) is 5.78 Å². The highest BCUT2D eigenvalue weighted by Gasteiger charge is 2.41. The molecule has 2 aromatic carbocycles. The van der Waals surface area contributed by atoms with Gasteiger partial charge < -0.3 is 5.32 Å². The Morgan fingerprint density at radius 1 is 1.04 bits per heavy atom. The van der Waals surface area contributed by atoms with Gasteiger partial charge in [-0.3, -0.25) is 18.2 Å². The van der Waals surface area contributed by atoms with Crippen LogP contribution in [0.25, 0.3) is 0 Å². The van der Waals surface area contributed by atoms with Crippen LogP contribution >= 0.6 is 11.0 Å². The van der Waals surface area contributed by atoms with Gasteiger partial charge in [0.25, 0.3) is 0 Å². The highest BCUT2D eigenvalue weighted by atomic mass is 32.3. The number of para-hydroxylation sites is 3. The summed E-state index contributed by atoms with van der Waals surface area (Å²) in [6, 6.07) is 17.3. The first-order chi connectivity index (χ1) is 12.6. The molecule has 138 valence electrons. The second-order valence-corrected chi connectivity index (χ2v) is 8.44. The van der Waals surface area contributed by atoms with Crippen LogP contribution in [0.4, 0.5) is 17.1 Å². The van der Waals surface area contributed by atoms with Crippen LogP contribution in [0.5, 0.6) is 0 Å². The molecule has 0 bridgehead atoms. The minimum atomic E-state index is -3.26. The molecule has 1 aliphatic heterocycles. The van der Waals surface area contributed by atoms with Crippen molar-refractivity contribution in [3.05, 3.63) is 54.6 Å². The Bertz CT molecular complexity index is 796. The van der Waals surface area contributed by atoms with E-state index in [0.29, 0.717) is 18.3 Å². The van der Waals surface area contributed by atoms with Crippen LogP contribution in [0.15, 0.2) is 54.6 Å². The number of carbonyl (C=O) groups is 1.